The molecule has 1 atom stereocenters. The van der Waals surface area contributed by atoms with E-state index in [9.17, 15) is 13.6 Å². The lowest BCUT2D eigenvalue weighted by atomic mass is 9.97. The van der Waals surface area contributed by atoms with Gasteiger partial charge in [0.2, 0.25) is 0 Å². The van der Waals surface area contributed by atoms with Crippen molar-refractivity contribution in [2.24, 2.45) is 11.1 Å². The molecule has 19 heavy (non-hydrogen) atoms. The third kappa shape index (κ3) is 2.72. The zero-order chi connectivity index (χ0) is 14.0. The average molecular weight is 268 g/mol. The summed E-state index contributed by atoms with van der Waals surface area (Å²) in [6.45, 7) is 2.55. The van der Waals surface area contributed by atoms with Gasteiger partial charge < -0.3 is 10.1 Å². The van der Waals surface area contributed by atoms with Crippen molar-refractivity contribution >= 4 is 11.6 Å². The first-order chi connectivity index (χ1) is 9.02. The van der Waals surface area contributed by atoms with Crippen LogP contribution in [0.3, 0.4) is 0 Å². The summed E-state index contributed by atoms with van der Waals surface area (Å²) in [7, 11) is 0. The molecule has 0 spiro atoms. The van der Waals surface area contributed by atoms with Crippen molar-refractivity contribution in [1.82, 2.24) is 4.90 Å². The highest BCUT2D eigenvalue weighted by Gasteiger charge is 2.27. The van der Waals surface area contributed by atoms with Crippen LogP contribution in [0.5, 0.6) is 0 Å². The number of nitrogens with zero attached hydrogens (tertiary/aromatic N) is 2. The number of amides is 1. The smallest absolute Gasteiger partial charge is 0.256 e. The van der Waals surface area contributed by atoms with Gasteiger partial charge in [-0.2, -0.15) is 0 Å². The van der Waals surface area contributed by atoms with Gasteiger partial charge in [0.25, 0.3) is 5.91 Å². The van der Waals surface area contributed by atoms with Crippen molar-refractivity contribution < 1.29 is 18.8 Å². The van der Waals surface area contributed by atoms with E-state index in [1.165, 1.54) is 4.90 Å². The Morgan fingerprint density at radius 2 is 2.21 bits per heavy atom. The molecule has 0 bridgehead atoms. The average Bonchev–Trinajstić information content (AvgIpc) is 2.38. The first kappa shape index (κ1) is 13.5. The fourth-order valence-electron chi connectivity index (χ4n) is 2.19. The number of piperidine rings is 1. The quantitative estimate of drug-likeness (QED) is 0.627. The highest BCUT2D eigenvalue weighted by atomic mass is 19.1. The second-order valence-corrected chi connectivity index (χ2v) is 4.62. The van der Waals surface area contributed by atoms with Gasteiger partial charge in [0.15, 0.2) is 0 Å². The summed E-state index contributed by atoms with van der Waals surface area (Å²) in [5.74, 6) is -2.12. The molecule has 2 rings (SSSR count). The first-order valence-corrected chi connectivity index (χ1v) is 5.98. The predicted octanol–water partition coefficient (Wildman–Crippen LogP) is 2.28. The van der Waals surface area contributed by atoms with Gasteiger partial charge >= 0.3 is 0 Å². The zero-order valence-electron chi connectivity index (χ0n) is 10.4. The van der Waals surface area contributed by atoms with Crippen molar-refractivity contribution in [1.29, 1.82) is 0 Å². The summed E-state index contributed by atoms with van der Waals surface area (Å²) in [5, 5.41) is 11.9. The lowest BCUT2D eigenvalue weighted by Gasteiger charge is -2.31. The minimum atomic E-state index is -0.862. The van der Waals surface area contributed by atoms with Gasteiger partial charge in [0.05, 0.1) is 11.3 Å². The molecule has 0 aromatic heterocycles. The lowest BCUT2D eigenvalue weighted by molar-refractivity contribution is 0.0729. The Labute approximate surface area is 109 Å². The second-order valence-electron chi connectivity index (χ2n) is 4.62. The fraction of sp³-hybridized carbons (Fsp3) is 0.385. The number of carbonyl (C=O) groups is 1. The molecule has 1 fully saturated rings. The Kier molecular flexibility index (Phi) is 3.78. The maximum Gasteiger partial charge on any atom is 0.256 e. The molecule has 1 N–H and O–H groups in total. The zero-order valence-corrected chi connectivity index (χ0v) is 10.4. The number of likely N-dealkylation sites (tertiary alicyclic amines) is 1. The molecule has 1 aliphatic heterocycles. The van der Waals surface area contributed by atoms with E-state index in [4.69, 9.17) is 5.21 Å². The second kappa shape index (κ2) is 5.34. The van der Waals surface area contributed by atoms with Crippen LogP contribution in [0.4, 0.5) is 8.78 Å². The lowest BCUT2D eigenvalue weighted by Crippen LogP contribution is -2.43. The number of hydrogen-bond acceptors (Lipinski definition) is 3. The van der Waals surface area contributed by atoms with E-state index in [1.807, 2.05) is 6.92 Å². The summed E-state index contributed by atoms with van der Waals surface area (Å²) in [4.78, 5) is 13.6. The molecule has 0 saturated carbocycles. The maximum atomic E-state index is 13.5. The summed E-state index contributed by atoms with van der Waals surface area (Å²) in [5.41, 5.74) is 0.488. The van der Waals surface area contributed by atoms with Gasteiger partial charge in [0, 0.05) is 31.5 Å². The van der Waals surface area contributed by atoms with Crippen LogP contribution in [0, 0.1) is 17.6 Å². The summed E-state index contributed by atoms with van der Waals surface area (Å²) < 4.78 is 26.3. The molecule has 102 valence electrons. The third-order valence-corrected chi connectivity index (χ3v) is 3.28. The molecule has 6 heteroatoms. The van der Waals surface area contributed by atoms with Gasteiger partial charge in [-0.3, -0.25) is 4.79 Å². The Morgan fingerprint density at radius 3 is 2.79 bits per heavy atom. The van der Waals surface area contributed by atoms with Gasteiger partial charge in [0.1, 0.15) is 11.6 Å². The molecule has 1 aromatic carbocycles. The molecular weight excluding hydrogens is 254 g/mol. The van der Waals surface area contributed by atoms with Crippen LogP contribution in [-0.4, -0.2) is 34.8 Å². The van der Waals surface area contributed by atoms with Gasteiger partial charge in [-0.1, -0.05) is 12.1 Å². The van der Waals surface area contributed by atoms with Crippen LogP contribution in [0.1, 0.15) is 23.7 Å². The number of benzene rings is 1. The molecular formula is C13H14F2N2O2. The number of oxime groups is 1. The van der Waals surface area contributed by atoms with E-state index in [-0.39, 0.29) is 11.5 Å². The topological polar surface area (TPSA) is 52.9 Å². The Hall–Kier alpha value is -1.98. The van der Waals surface area contributed by atoms with Crippen LogP contribution in [0.25, 0.3) is 0 Å². The van der Waals surface area contributed by atoms with E-state index in [1.54, 1.807) is 0 Å². The molecule has 1 aliphatic rings. The number of halogens is 2. The summed E-state index contributed by atoms with van der Waals surface area (Å²) in [6.07, 6.45) is 0.451. The van der Waals surface area contributed by atoms with Crippen LogP contribution in [-0.2, 0) is 0 Å². The number of rotatable bonds is 1. The molecule has 1 heterocycles. The standard InChI is InChI=1S/C13H14F2N2O2/c1-8-7-17(5-4-12(8)16-19)13(18)10-3-2-9(14)6-11(10)15/h2-3,6,8,19H,4-5,7H2,1H3/b16-12+. The van der Waals surface area contributed by atoms with E-state index in [2.05, 4.69) is 5.16 Å². The Bertz CT molecular complexity index is 531. The van der Waals surface area contributed by atoms with E-state index in [0.29, 0.717) is 31.3 Å². The number of hydrogen-bond donors (Lipinski definition) is 1. The molecule has 4 nitrogen and oxygen atoms in total. The Morgan fingerprint density at radius 1 is 1.47 bits per heavy atom. The maximum absolute atomic E-state index is 13.5. The van der Waals surface area contributed by atoms with E-state index >= 15 is 0 Å². The summed E-state index contributed by atoms with van der Waals surface area (Å²) >= 11 is 0. The van der Waals surface area contributed by atoms with Crippen molar-refractivity contribution in [2.45, 2.75) is 13.3 Å². The van der Waals surface area contributed by atoms with Crippen LogP contribution in [0.15, 0.2) is 23.4 Å². The van der Waals surface area contributed by atoms with Gasteiger partial charge in [-0.05, 0) is 12.1 Å². The van der Waals surface area contributed by atoms with Crippen LogP contribution >= 0.6 is 0 Å². The monoisotopic (exact) mass is 268 g/mol. The molecule has 0 radical (unpaired) electrons. The van der Waals surface area contributed by atoms with Crippen molar-refractivity contribution in [2.75, 3.05) is 13.1 Å². The van der Waals surface area contributed by atoms with Crippen molar-refractivity contribution in [3.05, 3.63) is 35.4 Å². The Balaban J connectivity index is 2.17. The predicted molar refractivity (Wildman–Crippen MR) is 65.3 cm³/mol. The third-order valence-electron chi connectivity index (χ3n) is 3.28. The van der Waals surface area contributed by atoms with E-state index in [0.717, 1.165) is 12.1 Å². The molecule has 0 aliphatic carbocycles. The van der Waals surface area contributed by atoms with Gasteiger partial charge in [-0.15, -0.1) is 0 Å². The van der Waals surface area contributed by atoms with Crippen LogP contribution in [0.2, 0.25) is 0 Å². The van der Waals surface area contributed by atoms with Crippen molar-refractivity contribution in [3.8, 4) is 0 Å². The fourth-order valence-corrected chi connectivity index (χ4v) is 2.19. The SMILES string of the molecule is CC1CN(C(=O)c2ccc(F)cc2F)CC/C1=N\O. The minimum Gasteiger partial charge on any atom is -0.411 e. The molecule has 1 unspecified atom stereocenters. The summed E-state index contributed by atoms with van der Waals surface area (Å²) in [6, 6.07) is 2.90. The van der Waals surface area contributed by atoms with Crippen LogP contribution < -0.4 is 0 Å². The normalized spacial score (nSPS) is 21.7. The largest absolute Gasteiger partial charge is 0.411 e. The highest BCUT2D eigenvalue weighted by molar-refractivity contribution is 5.96. The van der Waals surface area contributed by atoms with Crippen molar-refractivity contribution in [3.63, 3.8) is 0 Å². The first-order valence-electron chi connectivity index (χ1n) is 5.98. The molecule has 1 amide bonds. The minimum absolute atomic E-state index is 0.0776. The molecule has 1 aromatic rings. The van der Waals surface area contributed by atoms with E-state index < -0.39 is 17.5 Å². The number of carbonyl (C=O) groups excluding carboxylic acids is 1. The molecule has 1 saturated heterocycles. The highest BCUT2D eigenvalue weighted by Crippen LogP contribution is 2.18. The van der Waals surface area contributed by atoms with Gasteiger partial charge in [-0.25, -0.2) is 8.78 Å².